The summed E-state index contributed by atoms with van der Waals surface area (Å²) in [4.78, 5) is 22.9. The minimum absolute atomic E-state index is 0.00397. The maximum absolute atomic E-state index is 12.6. The summed E-state index contributed by atoms with van der Waals surface area (Å²) < 4.78 is 12.9. The molecule has 1 N–H and O–H groups in total. The molecule has 0 fully saturated rings. The summed E-state index contributed by atoms with van der Waals surface area (Å²) in [5.74, 6) is 0.369. The number of ether oxygens (including phenoxy) is 2. The molecule has 0 radical (unpaired) electrons. The van der Waals surface area contributed by atoms with E-state index in [4.69, 9.17) is 9.47 Å². The monoisotopic (exact) mass is 633 g/mol. The summed E-state index contributed by atoms with van der Waals surface area (Å²) in [6.07, 6.45) is 1.47. The van der Waals surface area contributed by atoms with E-state index in [2.05, 4.69) is 43.8 Å². The molecule has 0 aromatic heterocycles. The van der Waals surface area contributed by atoms with Gasteiger partial charge in [-0.1, -0.05) is 22.0 Å². The molecule has 3 aromatic carbocycles. The van der Waals surface area contributed by atoms with Gasteiger partial charge < -0.3 is 14.8 Å². The fraction of sp³-hybridized carbons (Fsp3) is 0.0833. The summed E-state index contributed by atoms with van der Waals surface area (Å²) in [5.41, 5.74) is 1.83. The molecule has 172 valence electrons. The lowest BCUT2D eigenvalue weighted by Crippen LogP contribution is -2.13. The molecule has 3 rings (SSSR count). The number of carbonyl (C=O) groups excluding carboxylic acids is 1. The molecule has 0 unspecified atom stereocenters. The molecule has 10 heteroatoms. The Morgan fingerprint density at radius 2 is 1.97 bits per heavy atom. The highest BCUT2D eigenvalue weighted by Crippen LogP contribution is 2.35. The third-order valence-electron chi connectivity index (χ3n) is 4.54. The molecule has 1 amide bonds. The third-order valence-corrected chi connectivity index (χ3v) is 5.84. The van der Waals surface area contributed by atoms with Crippen LogP contribution in [0.25, 0.3) is 6.08 Å². The first-order valence-corrected chi connectivity index (χ1v) is 11.6. The topological polar surface area (TPSA) is 114 Å². The minimum Gasteiger partial charge on any atom is -0.493 e. The third kappa shape index (κ3) is 6.55. The van der Waals surface area contributed by atoms with E-state index >= 15 is 0 Å². The van der Waals surface area contributed by atoms with Gasteiger partial charge in [0.15, 0.2) is 11.5 Å². The van der Waals surface area contributed by atoms with Gasteiger partial charge in [-0.15, -0.1) is 0 Å². The number of rotatable bonds is 8. The van der Waals surface area contributed by atoms with Gasteiger partial charge in [0.05, 0.1) is 15.6 Å². The van der Waals surface area contributed by atoms with Crippen molar-refractivity contribution in [3.63, 3.8) is 0 Å². The van der Waals surface area contributed by atoms with Crippen molar-refractivity contribution in [2.75, 3.05) is 12.4 Å². The number of methoxy groups -OCH3 is 1. The van der Waals surface area contributed by atoms with Crippen LogP contribution in [0.2, 0.25) is 0 Å². The fourth-order valence-electron chi connectivity index (χ4n) is 2.91. The van der Waals surface area contributed by atoms with Crippen LogP contribution in [0.1, 0.15) is 11.1 Å². The first-order valence-electron chi connectivity index (χ1n) is 9.73. The number of halogens is 2. The molecule has 0 heterocycles. The molecule has 0 aliphatic rings. The van der Waals surface area contributed by atoms with Crippen LogP contribution < -0.4 is 14.8 Å². The van der Waals surface area contributed by atoms with Gasteiger partial charge in [0, 0.05) is 22.3 Å². The minimum atomic E-state index is -0.534. The van der Waals surface area contributed by atoms with Crippen LogP contribution in [-0.4, -0.2) is 17.9 Å². The van der Waals surface area contributed by atoms with Crippen molar-refractivity contribution in [2.45, 2.75) is 6.61 Å². The molecule has 0 spiro atoms. The number of non-ortho nitro benzene ring substituents is 1. The van der Waals surface area contributed by atoms with Crippen molar-refractivity contribution in [3.8, 4) is 17.6 Å². The van der Waals surface area contributed by atoms with Crippen molar-refractivity contribution in [1.29, 1.82) is 5.26 Å². The average molecular weight is 634 g/mol. The first-order chi connectivity index (χ1) is 16.3. The number of nitro benzene ring substituents is 1. The van der Waals surface area contributed by atoms with Gasteiger partial charge >= 0.3 is 0 Å². The fourth-order valence-corrected chi connectivity index (χ4v) is 4.09. The Morgan fingerprint density at radius 3 is 2.59 bits per heavy atom. The zero-order valence-corrected chi connectivity index (χ0v) is 21.5. The second-order valence-corrected chi connectivity index (χ2v) is 8.96. The number of hydrogen-bond donors (Lipinski definition) is 1. The number of anilines is 1. The summed E-state index contributed by atoms with van der Waals surface area (Å²) in [7, 11) is 1.49. The highest BCUT2D eigenvalue weighted by Gasteiger charge is 2.15. The van der Waals surface area contributed by atoms with Crippen LogP contribution >= 0.6 is 38.5 Å². The quantitative estimate of drug-likeness (QED) is 0.105. The number of amides is 1. The first kappa shape index (κ1) is 25.2. The lowest BCUT2D eigenvalue weighted by molar-refractivity contribution is -0.384. The second kappa shape index (κ2) is 11.6. The molecular formula is C24H17BrIN3O5. The van der Waals surface area contributed by atoms with Crippen molar-refractivity contribution in [2.24, 2.45) is 0 Å². The molecule has 0 bridgehead atoms. The lowest BCUT2D eigenvalue weighted by atomic mass is 10.1. The van der Waals surface area contributed by atoms with E-state index in [-0.39, 0.29) is 17.9 Å². The van der Waals surface area contributed by atoms with E-state index in [1.54, 1.807) is 42.5 Å². The van der Waals surface area contributed by atoms with Crippen LogP contribution in [0.4, 0.5) is 11.4 Å². The Bertz CT molecular complexity index is 1300. The van der Waals surface area contributed by atoms with E-state index in [0.717, 1.165) is 10.0 Å². The largest absolute Gasteiger partial charge is 0.493 e. The van der Waals surface area contributed by atoms with Crippen LogP contribution in [0.15, 0.2) is 70.7 Å². The molecule has 8 nitrogen and oxygen atoms in total. The van der Waals surface area contributed by atoms with Crippen LogP contribution in [0.3, 0.4) is 0 Å². The summed E-state index contributed by atoms with van der Waals surface area (Å²) in [5, 5.41) is 23.0. The number of hydrogen-bond acceptors (Lipinski definition) is 6. The number of benzene rings is 3. The highest BCUT2D eigenvalue weighted by molar-refractivity contribution is 14.1. The van der Waals surface area contributed by atoms with E-state index in [9.17, 15) is 20.2 Å². The van der Waals surface area contributed by atoms with Crippen molar-refractivity contribution >= 4 is 61.9 Å². The van der Waals surface area contributed by atoms with Gasteiger partial charge in [0.2, 0.25) is 0 Å². The second-order valence-electron chi connectivity index (χ2n) is 6.88. The maximum Gasteiger partial charge on any atom is 0.269 e. The number of nitriles is 1. The van der Waals surface area contributed by atoms with Gasteiger partial charge in [0.1, 0.15) is 18.2 Å². The number of nitro groups is 1. The van der Waals surface area contributed by atoms with E-state index in [1.807, 2.05) is 12.1 Å². The van der Waals surface area contributed by atoms with E-state index in [1.165, 1.54) is 25.3 Å². The standard InChI is InChI=1S/C24H17BrIN3O5/c1-33-22-11-16(9-17(13-27)24(30)28-19-4-2-3-18(25)12-19)10-21(26)23(22)34-14-15-5-7-20(8-6-15)29(31)32/h2-12H,14H2,1H3,(H,28,30)/b17-9-. The van der Waals surface area contributed by atoms with Gasteiger partial charge in [-0.25, -0.2) is 0 Å². The van der Waals surface area contributed by atoms with Crippen molar-refractivity contribution in [1.82, 2.24) is 0 Å². The van der Waals surface area contributed by atoms with Gasteiger partial charge in [0.25, 0.3) is 11.6 Å². The zero-order chi connectivity index (χ0) is 24.7. The Balaban J connectivity index is 1.79. The number of carbonyl (C=O) groups is 1. The van der Waals surface area contributed by atoms with Crippen LogP contribution in [0, 0.1) is 25.0 Å². The normalized spacial score (nSPS) is 10.8. The molecule has 0 atom stereocenters. The average Bonchev–Trinajstić information content (AvgIpc) is 2.81. The van der Waals surface area contributed by atoms with Crippen molar-refractivity contribution in [3.05, 3.63) is 95.5 Å². The summed E-state index contributed by atoms with van der Waals surface area (Å²) >= 11 is 5.42. The maximum atomic E-state index is 12.6. The Hall–Kier alpha value is -3.43. The van der Waals surface area contributed by atoms with Crippen LogP contribution in [0.5, 0.6) is 11.5 Å². The Morgan fingerprint density at radius 1 is 1.24 bits per heavy atom. The molecular weight excluding hydrogens is 617 g/mol. The van der Waals surface area contributed by atoms with Crippen LogP contribution in [-0.2, 0) is 11.4 Å². The van der Waals surface area contributed by atoms with Gasteiger partial charge in [-0.05, 0) is 82.3 Å². The van der Waals surface area contributed by atoms with E-state index in [0.29, 0.717) is 26.3 Å². The predicted molar refractivity (Wildman–Crippen MR) is 140 cm³/mol. The zero-order valence-electron chi connectivity index (χ0n) is 17.7. The SMILES string of the molecule is COc1cc(/C=C(/C#N)C(=O)Nc2cccc(Br)c2)cc(I)c1OCc1ccc([N+](=O)[O-])cc1. The highest BCUT2D eigenvalue weighted by atomic mass is 127. The van der Waals surface area contributed by atoms with Gasteiger partial charge in [-0.3, -0.25) is 14.9 Å². The Kier molecular flexibility index (Phi) is 8.61. The molecule has 0 aliphatic heterocycles. The smallest absolute Gasteiger partial charge is 0.269 e. The Labute approximate surface area is 217 Å². The predicted octanol–water partition coefficient (Wildman–Crippen LogP) is 6.10. The molecule has 0 saturated carbocycles. The van der Waals surface area contributed by atoms with Crippen molar-refractivity contribution < 1.29 is 19.2 Å². The number of nitrogens with one attached hydrogen (secondary N) is 1. The molecule has 34 heavy (non-hydrogen) atoms. The molecule has 0 saturated heterocycles. The van der Waals surface area contributed by atoms with E-state index < -0.39 is 10.8 Å². The lowest BCUT2D eigenvalue weighted by Gasteiger charge is -2.14. The number of nitrogens with zero attached hydrogens (tertiary/aromatic N) is 2. The summed E-state index contributed by atoms with van der Waals surface area (Å²) in [6.45, 7) is 0.179. The molecule has 3 aromatic rings. The van der Waals surface area contributed by atoms with Gasteiger partial charge in [-0.2, -0.15) is 5.26 Å². The summed E-state index contributed by atoms with van der Waals surface area (Å²) in [6, 6.07) is 18.5. The molecule has 0 aliphatic carbocycles.